The first kappa shape index (κ1) is 15.9. The van der Waals surface area contributed by atoms with E-state index in [0.717, 1.165) is 21.4 Å². The van der Waals surface area contributed by atoms with Gasteiger partial charge in [0.25, 0.3) is 5.19 Å². The fraction of sp³-hybridized carbons (Fsp3) is 0.357. The molecule has 1 heterocycles. The quantitative estimate of drug-likeness (QED) is 0.730. The number of hydrogen-bond acceptors (Lipinski definition) is 6. The maximum Gasteiger partial charge on any atom is 0.369 e. The Morgan fingerprint density at radius 2 is 2.14 bits per heavy atom. The van der Waals surface area contributed by atoms with E-state index in [1.807, 2.05) is 18.2 Å². The molecule has 0 fully saturated rings. The van der Waals surface area contributed by atoms with Crippen molar-refractivity contribution in [3.63, 3.8) is 0 Å². The third-order valence-electron chi connectivity index (χ3n) is 2.65. The summed E-state index contributed by atoms with van der Waals surface area (Å²) in [6.07, 6.45) is 0. The molecule has 0 amide bonds. The van der Waals surface area contributed by atoms with E-state index in [-0.39, 0.29) is 5.01 Å². The molecule has 0 radical (unpaired) electrons. The summed E-state index contributed by atoms with van der Waals surface area (Å²) in [5, 5.41) is 8.17. The summed E-state index contributed by atoms with van der Waals surface area (Å²) in [6, 6.07) is 5.77. The van der Waals surface area contributed by atoms with Crippen LogP contribution < -0.4 is 4.74 Å². The minimum atomic E-state index is -0.482. The molecule has 0 aliphatic rings. The van der Waals surface area contributed by atoms with Crippen molar-refractivity contribution in [2.24, 2.45) is 0 Å². The smallest absolute Gasteiger partial charge is 0.369 e. The van der Waals surface area contributed by atoms with Gasteiger partial charge in [-0.1, -0.05) is 34.9 Å². The van der Waals surface area contributed by atoms with E-state index in [4.69, 9.17) is 9.47 Å². The van der Waals surface area contributed by atoms with Gasteiger partial charge < -0.3 is 9.47 Å². The van der Waals surface area contributed by atoms with Gasteiger partial charge >= 0.3 is 5.97 Å². The minimum Gasteiger partial charge on any atom is -0.461 e. The lowest BCUT2D eigenvalue weighted by molar-refractivity contribution is 0.0525. The summed E-state index contributed by atoms with van der Waals surface area (Å²) < 4.78 is 11.6. The van der Waals surface area contributed by atoms with E-state index in [2.05, 4.69) is 40.0 Å². The maximum atomic E-state index is 11.6. The zero-order chi connectivity index (χ0) is 15.4. The zero-order valence-electron chi connectivity index (χ0n) is 11.9. The maximum absolute atomic E-state index is 11.6. The van der Waals surface area contributed by atoms with Crippen molar-refractivity contribution >= 4 is 33.2 Å². The van der Waals surface area contributed by atoms with E-state index < -0.39 is 5.97 Å². The standard InChI is InChI=1S/C14H15BrN2O3S/c1-4-19-13(18)12-16-17-14(21-12)20-11-6-5-9(15)7-10(11)8(2)3/h5-8H,4H2,1-3H3. The summed E-state index contributed by atoms with van der Waals surface area (Å²) in [7, 11) is 0. The highest BCUT2D eigenvalue weighted by molar-refractivity contribution is 9.10. The Kier molecular flexibility index (Phi) is 5.30. The summed E-state index contributed by atoms with van der Waals surface area (Å²) in [5.74, 6) is 0.527. The molecule has 5 nitrogen and oxygen atoms in total. The molecule has 0 unspecified atom stereocenters. The molecular formula is C14H15BrN2O3S. The van der Waals surface area contributed by atoms with E-state index in [1.165, 1.54) is 0 Å². The van der Waals surface area contributed by atoms with Gasteiger partial charge in [-0.15, -0.1) is 5.10 Å². The van der Waals surface area contributed by atoms with Crippen LogP contribution in [0.3, 0.4) is 0 Å². The van der Waals surface area contributed by atoms with Gasteiger partial charge in [0.05, 0.1) is 6.61 Å². The molecule has 2 aromatic rings. The molecule has 1 aromatic heterocycles. The van der Waals surface area contributed by atoms with Crippen molar-refractivity contribution in [3.8, 4) is 10.9 Å². The van der Waals surface area contributed by atoms with Crippen LogP contribution in [0, 0.1) is 0 Å². The highest BCUT2D eigenvalue weighted by Crippen LogP contribution is 2.33. The Labute approximate surface area is 135 Å². The van der Waals surface area contributed by atoms with E-state index in [1.54, 1.807) is 6.92 Å². The predicted octanol–water partition coefficient (Wildman–Crippen LogP) is 4.39. The number of halogens is 1. The number of benzene rings is 1. The summed E-state index contributed by atoms with van der Waals surface area (Å²) >= 11 is 4.52. The third kappa shape index (κ3) is 4.01. The van der Waals surface area contributed by atoms with Gasteiger partial charge in [0, 0.05) is 4.47 Å². The second-order valence-electron chi connectivity index (χ2n) is 4.53. The average molecular weight is 371 g/mol. The van der Waals surface area contributed by atoms with Crippen LogP contribution in [0.4, 0.5) is 0 Å². The van der Waals surface area contributed by atoms with E-state index >= 15 is 0 Å². The molecule has 0 aliphatic heterocycles. The molecule has 0 saturated heterocycles. The molecule has 0 spiro atoms. The number of hydrogen-bond donors (Lipinski definition) is 0. The molecule has 0 saturated carbocycles. The summed E-state index contributed by atoms with van der Waals surface area (Å²) in [6.45, 7) is 6.21. The first-order chi connectivity index (χ1) is 10.0. The second-order valence-corrected chi connectivity index (χ2v) is 6.39. The molecule has 1 aromatic carbocycles. The fourth-order valence-electron chi connectivity index (χ4n) is 1.68. The Morgan fingerprint density at radius 3 is 2.81 bits per heavy atom. The number of ether oxygens (including phenoxy) is 2. The van der Waals surface area contributed by atoms with Crippen molar-refractivity contribution < 1.29 is 14.3 Å². The molecule has 7 heteroatoms. The van der Waals surface area contributed by atoms with Crippen LogP contribution >= 0.6 is 27.3 Å². The van der Waals surface area contributed by atoms with Gasteiger partial charge in [-0.05, 0) is 47.9 Å². The zero-order valence-corrected chi connectivity index (χ0v) is 14.3. The molecule has 0 N–H and O–H groups in total. The van der Waals surface area contributed by atoms with Gasteiger partial charge in [0.2, 0.25) is 5.01 Å². The number of esters is 1. The largest absolute Gasteiger partial charge is 0.461 e. The molecule has 0 atom stereocenters. The predicted molar refractivity (Wildman–Crippen MR) is 84.2 cm³/mol. The first-order valence-corrected chi connectivity index (χ1v) is 8.10. The monoisotopic (exact) mass is 370 g/mol. The van der Waals surface area contributed by atoms with Crippen LogP contribution in [0.15, 0.2) is 22.7 Å². The average Bonchev–Trinajstić information content (AvgIpc) is 2.89. The van der Waals surface area contributed by atoms with E-state index in [0.29, 0.717) is 23.5 Å². The lowest BCUT2D eigenvalue weighted by atomic mass is 10.0. The molecular weight excluding hydrogens is 356 g/mol. The normalized spacial score (nSPS) is 10.7. The van der Waals surface area contributed by atoms with Gasteiger partial charge in [-0.2, -0.15) is 0 Å². The Hall–Kier alpha value is -1.47. The van der Waals surface area contributed by atoms with Crippen molar-refractivity contribution in [2.45, 2.75) is 26.7 Å². The van der Waals surface area contributed by atoms with Crippen LogP contribution in [0.5, 0.6) is 10.9 Å². The number of aromatic nitrogens is 2. The summed E-state index contributed by atoms with van der Waals surface area (Å²) in [5.41, 5.74) is 1.05. The lowest BCUT2D eigenvalue weighted by Gasteiger charge is -2.12. The molecule has 21 heavy (non-hydrogen) atoms. The van der Waals surface area contributed by atoms with Gasteiger partial charge in [-0.3, -0.25) is 0 Å². The van der Waals surface area contributed by atoms with Crippen molar-refractivity contribution in [1.29, 1.82) is 0 Å². The van der Waals surface area contributed by atoms with Crippen molar-refractivity contribution in [3.05, 3.63) is 33.2 Å². The van der Waals surface area contributed by atoms with E-state index in [9.17, 15) is 4.79 Å². The van der Waals surface area contributed by atoms with Crippen LogP contribution in [-0.4, -0.2) is 22.8 Å². The number of rotatable bonds is 5. The van der Waals surface area contributed by atoms with Gasteiger partial charge in [0.15, 0.2) is 0 Å². The Bertz CT molecular complexity index is 643. The highest BCUT2D eigenvalue weighted by Gasteiger charge is 2.16. The van der Waals surface area contributed by atoms with Crippen LogP contribution in [0.1, 0.15) is 42.1 Å². The Morgan fingerprint density at radius 1 is 1.38 bits per heavy atom. The second kappa shape index (κ2) is 7.00. The summed E-state index contributed by atoms with van der Waals surface area (Å²) in [4.78, 5) is 11.6. The lowest BCUT2D eigenvalue weighted by Crippen LogP contribution is -2.03. The van der Waals surface area contributed by atoms with Crippen LogP contribution in [-0.2, 0) is 4.74 Å². The van der Waals surface area contributed by atoms with Crippen molar-refractivity contribution in [1.82, 2.24) is 10.2 Å². The molecule has 0 bridgehead atoms. The topological polar surface area (TPSA) is 61.3 Å². The molecule has 112 valence electrons. The van der Waals surface area contributed by atoms with Gasteiger partial charge in [0.1, 0.15) is 5.75 Å². The first-order valence-electron chi connectivity index (χ1n) is 6.49. The minimum absolute atomic E-state index is 0.190. The molecule has 0 aliphatic carbocycles. The molecule has 2 rings (SSSR count). The number of carbonyl (C=O) groups excluding carboxylic acids is 1. The SMILES string of the molecule is CCOC(=O)c1nnc(Oc2ccc(Br)cc2C(C)C)s1. The van der Waals surface area contributed by atoms with Crippen molar-refractivity contribution in [2.75, 3.05) is 6.61 Å². The Balaban J connectivity index is 2.21. The fourth-order valence-corrected chi connectivity index (χ4v) is 2.67. The van der Waals surface area contributed by atoms with Crippen LogP contribution in [0.25, 0.3) is 0 Å². The number of carbonyl (C=O) groups is 1. The third-order valence-corrected chi connectivity index (χ3v) is 3.92. The van der Waals surface area contributed by atoms with Crippen LogP contribution in [0.2, 0.25) is 0 Å². The highest BCUT2D eigenvalue weighted by atomic mass is 79.9. The van der Waals surface area contributed by atoms with Gasteiger partial charge in [-0.25, -0.2) is 4.79 Å². The number of nitrogens with zero attached hydrogens (tertiary/aromatic N) is 2.